The molecular weight excluding hydrogens is 264 g/mol. The number of carbonyl (C=O) groups is 1. The summed E-state index contributed by atoms with van der Waals surface area (Å²) < 4.78 is 5.50. The van der Waals surface area contributed by atoms with Gasteiger partial charge in [-0.3, -0.25) is 4.79 Å². The van der Waals surface area contributed by atoms with Crippen LogP contribution in [-0.4, -0.2) is 32.1 Å². The standard InChI is InChI=1S/C17H22N2O2/c1-3-21-12-14-6-8-19(9-7-14)17-10-15(11-18)4-5-16(17)13(2)20/h4-5,10,14H,3,6-9,12H2,1-2H3. The third-order valence-corrected chi connectivity index (χ3v) is 4.02. The molecule has 0 saturated carbocycles. The van der Waals surface area contributed by atoms with Crippen LogP contribution < -0.4 is 4.90 Å². The average Bonchev–Trinajstić information content (AvgIpc) is 2.52. The zero-order chi connectivity index (χ0) is 15.2. The van der Waals surface area contributed by atoms with Crippen LogP contribution in [0, 0.1) is 17.2 Å². The largest absolute Gasteiger partial charge is 0.381 e. The Morgan fingerprint density at radius 1 is 1.43 bits per heavy atom. The number of carbonyl (C=O) groups excluding carboxylic acids is 1. The van der Waals surface area contributed by atoms with Gasteiger partial charge in [0.15, 0.2) is 5.78 Å². The molecule has 1 aliphatic rings. The monoisotopic (exact) mass is 286 g/mol. The number of Topliss-reactive ketones (excluding diaryl/α,β-unsaturated/α-hetero) is 1. The van der Waals surface area contributed by atoms with Crippen LogP contribution in [0.2, 0.25) is 0 Å². The molecule has 2 rings (SSSR count). The van der Waals surface area contributed by atoms with Crippen molar-refractivity contribution in [2.45, 2.75) is 26.7 Å². The molecule has 0 bridgehead atoms. The molecule has 0 radical (unpaired) electrons. The summed E-state index contributed by atoms with van der Waals surface area (Å²) in [5.41, 5.74) is 2.21. The second-order valence-corrected chi connectivity index (χ2v) is 5.49. The summed E-state index contributed by atoms with van der Waals surface area (Å²) in [6, 6.07) is 7.46. The average molecular weight is 286 g/mol. The molecule has 0 unspecified atom stereocenters. The van der Waals surface area contributed by atoms with E-state index in [2.05, 4.69) is 11.0 Å². The Morgan fingerprint density at radius 3 is 2.71 bits per heavy atom. The van der Waals surface area contributed by atoms with Crippen LogP contribution in [0.3, 0.4) is 0 Å². The molecule has 0 amide bonds. The number of nitriles is 1. The second-order valence-electron chi connectivity index (χ2n) is 5.49. The van der Waals surface area contributed by atoms with Crippen LogP contribution in [-0.2, 0) is 4.74 Å². The lowest BCUT2D eigenvalue weighted by molar-refractivity contribution is 0.0997. The first-order valence-electron chi connectivity index (χ1n) is 7.53. The number of ether oxygens (including phenoxy) is 1. The molecule has 21 heavy (non-hydrogen) atoms. The maximum atomic E-state index is 11.8. The van der Waals surface area contributed by atoms with Crippen molar-refractivity contribution >= 4 is 11.5 Å². The van der Waals surface area contributed by atoms with E-state index in [0.717, 1.165) is 44.8 Å². The third kappa shape index (κ3) is 3.83. The fraction of sp³-hybridized carbons (Fsp3) is 0.529. The number of piperidine rings is 1. The number of ketones is 1. The molecule has 1 saturated heterocycles. The maximum Gasteiger partial charge on any atom is 0.161 e. The van der Waals surface area contributed by atoms with E-state index in [1.165, 1.54) is 0 Å². The summed E-state index contributed by atoms with van der Waals surface area (Å²) in [6.07, 6.45) is 2.13. The number of nitrogens with zero attached hydrogens (tertiary/aromatic N) is 2. The van der Waals surface area contributed by atoms with E-state index < -0.39 is 0 Å². The van der Waals surface area contributed by atoms with Crippen LogP contribution >= 0.6 is 0 Å². The molecule has 0 aliphatic carbocycles. The Kier molecular flexibility index (Phi) is 5.35. The van der Waals surface area contributed by atoms with Gasteiger partial charge >= 0.3 is 0 Å². The summed E-state index contributed by atoms with van der Waals surface area (Å²) in [5.74, 6) is 0.645. The summed E-state index contributed by atoms with van der Waals surface area (Å²) in [7, 11) is 0. The molecule has 1 aromatic carbocycles. The minimum Gasteiger partial charge on any atom is -0.381 e. The highest BCUT2D eigenvalue weighted by Gasteiger charge is 2.22. The van der Waals surface area contributed by atoms with Crippen molar-refractivity contribution in [1.82, 2.24) is 0 Å². The van der Waals surface area contributed by atoms with E-state index in [1.54, 1.807) is 19.1 Å². The highest BCUT2D eigenvalue weighted by molar-refractivity contribution is 6.00. The van der Waals surface area contributed by atoms with Gasteiger partial charge in [-0.15, -0.1) is 0 Å². The Balaban J connectivity index is 2.12. The van der Waals surface area contributed by atoms with Gasteiger partial charge in [0.05, 0.1) is 11.6 Å². The normalized spacial score (nSPS) is 15.8. The predicted octanol–water partition coefficient (Wildman–Crippen LogP) is 3.01. The Labute approximate surface area is 126 Å². The molecule has 112 valence electrons. The number of hydrogen-bond acceptors (Lipinski definition) is 4. The lowest BCUT2D eigenvalue weighted by Gasteiger charge is -2.34. The van der Waals surface area contributed by atoms with Gasteiger partial charge in [0, 0.05) is 37.6 Å². The van der Waals surface area contributed by atoms with Crippen molar-refractivity contribution in [2.75, 3.05) is 31.2 Å². The van der Waals surface area contributed by atoms with Gasteiger partial charge in [-0.2, -0.15) is 5.26 Å². The Bertz CT molecular complexity index is 540. The van der Waals surface area contributed by atoms with Gasteiger partial charge in [-0.25, -0.2) is 0 Å². The molecule has 0 aromatic heterocycles. The summed E-state index contributed by atoms with van der Waals surface area (Å²) >= 11 is 0. The third-order valence-electron chi connectivity index (χ3n) is 4.02. The molecule has 1 heterocycles. The minimum atomic E-state index is 0.0472. The topological polar surface area (TPSA) is 53.3 Å². The fourth-order valence-electron chi connectivity index (χ4n) is 2.79. The molecule has 0 spiro atoms. The second kappa shape index (κ2) is 7.24. The fourth-order valence-corrected chi connectivity index (χ4v) is 2.79. The summed E-state index contributed by atoms with van der Waals surface area (Å²) in [6.45, 7) is 7.00. The SMILES string of the molecule is CCOCC1CCN(c2cc(C#N)ccc2C(C)=O)CC1. The lowest BCUT2D eigenvalue weighted by atomic mass is 9.96. The van der Waals surface area contributed by atoms with Crippen molar-refractivity contribution in [1.29, 1.82) is 5.26 Å². The van der Waals surface area contributed by atoms with E-state index in [0.29, 0.717) is 17.0 Å². The predicted molar refractivity (Wildman–Crippen MR) is 82.6 cm³/mol. The van der Waals surface area contributed by atoms with Crippen molar-refractivity contribution in [3.8, 4) is 6.07 Å². The van der Waals surface area contributed by atoms with Crippen LogP contribution in [0.4, 0.5) is 5.69 Å². The van der Waals surface area contributed by atoms with Gasteiger partial charge in [0.1, 0.15) is 0 Å². The molecule has 1 aromatic rings. The molecule has 1 fully saturated rings. The first kappa shape index (κ1) is 15.5. The van der Waals surface area contributed by atoms with Crippen molar-refractivity contribution in [2.24, 2.45) is 5.92 Å². The van der Waals surface area contributed by atoms with E-state index in [4.69, 9.17) is 10.00 Å². The van der Waals surface area contributed by atoms with Crippen molar-refractivity contribution in [3.63, 3.8) is 0 Å². The molecule has 4 heteroatoms. The van der Waals surface area contributed by atoms with Crippen LogP contribution in [0.1, 0.15) is 42.6 Å². The van der Waals surface area contributed by atoms with Gasteiger partial charge in [0.2, 0.25) is 0 Å². The van der Waals surface area contributed by atoms with Crippen LogP contribution in [0.5, 0.6) is 0 Å². The molecule has 0 N–H and O–H groups in total. The van der Waals surface area contributed by atoms with E-state index in [-0.39, 0.29) is 5.78 Å². The Hall–Kier alpha value is -1.86. The van der Waals surface area contributed by atoms with E-state index >= 15 is 0 Å². The van der Waals surface area contributed by atoms with E-state index in [1.807, 2.05) is 13.0 Å². The maximum absolute atomic E-state index is 11.8. The van der Waals surface area contributed by atoms with Crippen LogP contribution in [0.25, 0.3) is 0 Å². The quantitative estimate of drug-likeness (QED) is 0.781. The zero-order valence-electron chi connectivity index (χ0n) is 12.8. The smallest absolute Gasteiger partial charge is 0.161 e. The summed E-state index contributed by atoms with van der Waals surface area (Å²) in [5, 5.41) is 9.06. The number of hydrogen-bond donors (Lipinski definition) is 0. The molecule has 0 atom stereocenters. The Morgan fingerprint density at radius 2 is 2.14 bits per heavy atom. The van der Waals surface area contributed by atoms with Crippen molar-refractivity contribution < 1.29 is 9.53 Å². The minimum absolute atomic E-state index is 0.0472. The first-order valence-corrected chi connectivity index (χ1v) is 7.53. The molecule has 1 aliphatic heterocycles. The van der Waals surface area contributed by atoms with Gasteiger partial charge in [-0.05, 0) is 50.8 Å². The lowest BCUT2D eigenvalue weighted by Crippen LogP contribution is -2.36. The first-order chi connectivity index (χ1) is 10.2. The molecular formula is C17H22N2O2. The summed E-state index contributed by atoms with van der Waals surface area (Å²) in [4.78, 5) is 14.0. The van der Waals surface area contributed by atoms with Gasteiger partial charge in [-0.1, -0.05) is 0 Å². The molecule has 4 nitrogen and oxygen atoms in total. The van der Waals surface area contributed by atoms with Gasteiger partial charge < -0.3 is 9.64 Å². The highest BCUT2D eigenvalue weighted by Crippen LogP contribution is 2.28. The van der Waals surface area contributed by atoms with E-state index in [9.17, 15) is 4.79 Å². The zero-order valence-corrected chi connectivity index (χ0v) is 12.8. The van der Waals surface area contributed by atoms with Crippen LogP contribution in [0.15, 0.2) is 18.2 Å². The number of rotatable bonds is 5. The number of benzene rings is 1. The van der Waals surface area contributed by atoms with Crippen molar-refractivity contribution in [3.05, 3.63) is 29.3 Å². The highest BCUT2D eigenvalue weighted by atomic mass is 16.5. The van der Waals surface area contributed by atoms with Gasteiger partial charge in [0.25, 0.3) is 0 Å². The number of anilines is 1.